The number of ether oxygens (including phenoxy) is 1. The van der Waals surface area contributed by atoms with E-state index in [0.29, 0.717) is 30.8 Å². The highest BCUT2D eigenvalue weighted by molar-refractivity contribution is 5.99. The minimum Gasteiger partial charge on any atom is -0.480 e. The molecule has 0 N–H and O–H groups in total. The van der Waals surface area contributed by atoms with Crippen molar-refractivity contribution in [2.75, 3.05) is 24.5 Å². The van der Waals surface area contributed by atoms with Gasteiger partial charge in [0.1, 0.15) is 18.4 Å². The first kappa shape index (κ1) is 17.1. The molecule has 0 unspecified atom stereocenters. The molecule has 2 aliphatic rings. The minimum absolute atomic E-state index is 0.000102. The van der Waals surface area contributed by atoms with Crippen molar-refractivity contribution in [3.63, 3.8) is 0 Å². The molecule has 0 saturated carbocycles. The maximum atomic E-state index is 12.9. The highest BCUT2D eigenvalue weighted by atomic mass is 16.5. The number of hydrogen-bond acceptors (Lipinski definition) is 4. The van der Waals surface area contributed by atoms with Gasteiger partial charge in [-0.2, -0.15) is 5.26 Å². The van der Waals surface area contributed by atoms with Gasteiger partial charge in [-0.1, -0.05) is 30.3 Å². The Morgan fingerprint density at radius 2 is 1.89 bits per heavy atom. The molecule has 2 aromatic rings. The zero-order valence-electron chi connectivity index (χ0n) is 14.8. The lowest BCUT2D eigenvalue weighted by atomic mass is 10.0. The summed E-state index contributed by atoms with van der Waals surface area (Å²) >= 11 is 0. The lowest BCUT2D eigenvalue weighted by Gasteiger charge is -2.37. The van der Waals surface area contributed by atoms with Crippen molar-refractivity contribution in [1.29, 1.82) is 5.26 Å². The number of fused-ring (bicyclic) bond motifs is 1. The molecule has 27 heavy (non-hydrogen) atoms. The summed E-state index contributed by atoms with van der Waals surface area (Å²) in [5, 5.41) is 9.26. The normalized spacial score (nSPS) is 19.1. The summed E-state index contributed by atoms with van der Waals surface area (Å²) in [5.41, 5.74) is 2.16. The van der Waals surface area contributed by atoms with E-state index in [1.165, 1.54) is 0 Å². The second kappa shape index (κ2) is 7.12. The lowest BCUT2D eigenvalue weighted by molar-refractivity contribution is -0.143. The molecule has 0 radical (unpaired) electrons. The van der Waals surface area contributed by atoms with E-state index in [0.717, 1.165) is 17.7 Å². The van der Waals surface area contributed by atoms with Crippen LogP contribution < -0.4 is 9.64 Å². The summed E-state index contributed by atoms with van der Waals surface area (Å²) in [6, 6.07) is 16.9. The average Bonchev–Trinajstić information content (AvgIpc) is 2.72. The third-order valence-corrected chi connectivity index (χ3v) is 5.04. The highest BCUT2D eigenvalue weighted by Gasteiger charge is 2.34. The number of carbonyl (C=O) groups is 2. The van der Waals surface area contributed by atoms with E-state index in [1.54, 1.807) is 34.1 Å². The van der Waals surface area contributed by atoms with Gasteiger partial charge in [0, 0.05) is 13.1 Å². The molecule has 2 aliphatic heterocycles. The molecule has 1 fully saturated rings. The van der Waals surface area contributed by atoms with Gasteiger partial charge in [0.25, 0.3) is 5.91 Å². The maximum Gasteiger partial charge on any atom is 0.264 e. The van der Waals surface area contributed by atoms with Gasteiger partial charge in [0.15, 0.2) is 6.10 Å². The van der Waals surface area contributed by atoms with Crippen molar-refractivity contribution in [2.24, 2.45) is 0 Å². The lowest BCUT2D eigenvalue weighted by Crippen LogP contribution is -2.55. The van der Waals surface area contributed by atoms with E-state index in [1.807, 2.05) is 24.3 Å². The highest BCUT2D eigenvalue weighted by Crippen LogP contribution is 2.28. The Labute approximate surface area is 157 Å². The standard InChI is InChI=1S/C21H19N3O3/c22-13-16-6-1-3-7-17(16)24-12-11-23(14-20(24)25)21(26)19-10-9-15-5-2-4-8-18(15)27-19/h1-8,19H,9-12,14H2/t19-/m0/s1. The number of hydrogen-bond donors (Lipinski definition) is 0. The Bertz CT molecular complexity index is 934. The second-order valence-corrected chi connectivity index (χ2v) is 6.69. The molecule has 0 spiro atoms. The number of nitriles is 1. The number of para-hydroxylation sites is 2. The van der Waals surface area contributed by atoms with Gasteiger partial charge in [-0.25, -0.2) is 0 Å². The Balaban J connectivity index is 1.45. The van der Waals surface area contributed by atoms with E-state index in [-0.39, 0.29) is 18.4 Å². The van der Waals surface area contributed by atoms with Crippen LogP contribution in [0.25, 0.3) is 0 Å². The summed E-state index contributed by atoms with van der Waals surface area (Å²) in [4.78, 5) is 28.6. The molecule has 1 atom stereocenters. The summed E-state index contributed by atoms with van der Waals surface area (Å²) in [5.74, 6) is 0.412. The number of aryl methyl sites for hydroxylation is 1. The summed E-state index contributed by atoms with van der Waals surface area (Å²) in [7, 11) is 0. The topological polar surface area (TPSA) is 73.6 Å². The molecule has 0 aliphatic carbocycles. The third-order valence-electron chi connectivity index (χ3n) is 5.04. The smallest absolute Gasteiger partial charge is 0.264 e. The Hall–Kier alpha value is -3.33. The summed E-state index contributed by atoms with van der Waals surface area (Å²) < 4.78 is 5.87. The fraction of sp³-hybridized carbons (Fsp3) is 0.286. The van der Waals surface area contributed by atoms with Crippen LogP contribution in [0.1, 0.15) is 17.5 Å². The summed E-state index contributed by atoms with van der Waals surface area (Å²) in [6.45, 7) is 0.790. The van der Waals surface area contributed by atoms with Crippen molar-refractivity contribution < 1.29 is 14.3 Å². The third kappa shape index (κ3) is 3.24. The van der Waals surface area contributed by atoms with Gasteiger partial charge >= 0.3 is 0 Å². The SMILES string of the molecule is N#Cc1ccccc1N1CCN(C(=O)[C@@H]2CCc3ccccc3O2)CC1=O. The molecule has 136 valence electrons. The van der Waals surface area contributed by atoms with Gasteiger partial charge in [0.2, 0.25) is 5.91 Å². The number of benzene rings is 2. The molecule has 0 bridgehead atoms. The van der Waals surface area contributed by atoms with Crippen molar-refractivity contribution >= 4 is 17.5 Å². The monoisotopic (exact) mass is 361 g/mol. The van der Waals surface area contributed by atoms with Crippen molar-refractivity contribution in [1.82, 2.24) is 4.90 Å². The zero-order valence-corrected chi connectivity index (χ0v) is 14.8. The predicted octanol–water partition coefficient (Wildman–Crippen LogP) is 2.13. The Morgan fingerprint density at radius 3 is 2.70 bits per heavy atom. The van der Waals surface area contributed by atoms with E-state index in [4.69, 9.17) is 4.74 Å². The molecule has 6 nitrogen and oxygen atoms in total. The first-order valence-electron chi connectivity index (χ1n) is 9.00. The van der Waals surface area contributed by atoms with E-state index < -0.39 is 6.10 Å². The molecule has 1 saturated heterocycles. The second-order valence-electron chi connectivity index (χ2n) is 6.69. The number of anilines is 1. The maximum absolute atomic E-state index is 12.9. The number of piperazine rings is 1. The van der Waals surface area contributed by atoms with Crippen LogP contribution in [0.2, 0.25) is 0 Å². The fourth-order valence-electron chi connectivity index (χ4n) is 3.62. The van der Waals surface area contributed by atoms with Gasteiger partial charge in [-0.3, -0.25) is 9.59 Å². The van der Waals surface area contributed by atoms with Crippen LogP contribution >= 0.6 is 0 Å². The van der Waals surface area contributed by atoms with Gasteiger partial charge in [-0.15, -0.1) is 0 Å². The molecule has 0 aromatic heterocycles. The predicted molar refractivity (Wildman–Crippen MR) is 99.3 cm³/mol. The number of amides is 2. The van der Waals surface area contributed by atoms with E-state index >= 15 is 0 Å². The van der Waals surface area contributed by atoms with Crippen LogP contribution in [-0.4, -0.2) is 42.5 Å². The van der Waals surface area contributed by atoms with Crippen LogP contribution in [0.4, 0.5) is 5.69 Å². The van der Waals surface area contributed by atoms with E-state index in [9.17, 15) is 14.9 Å². The minimum atomic E-state index is -0.550. The largest absolute Gasteiger partial charge is 0.480 e. The van der Waals surface area contributed by atoms with Crippen LogP contribution in [0.15, 0.2) is 48.5 Å². The van der Waals surface area contributed by atoms with Crippen molar-refractivity contribution in [3.8, 4) is 11.8 Å². The van der Waals surface area contributed by atoms with Crippen LogP contribution in [0, 0.1) is 11.3 Å². The molecular formula is C21H19N3O3. The van der Waals surface area contributed by atoms with Gasteiger partial charge in [-0.05, 0) is 36.6 Å². The number of carbonyl (C=O) groups excluding carboxylic acids is 2. The molecule has 6 heteroatoms. The van der Waals surface area contributed by atoms with Gasteiger partial charge in [0.05, 0.1) is 11.3 Å². The molecule has 2 amide bonds. The Kier molecular flexibility index (Phi) is 4.51. The van der Waals surface area contributed by atoms with Crippen molar-refractivity contribution in [2.45, 2.75) is 18.9 Å². The first-order chi connectivity index (χ1) is 13.2. The Morgan fingerprint density at radius 1 is 1.11 bits per heavy atom. The summed E-state index contributed by atoms with van der Waals surface area (Å²) in [6.07, 6.45) is 0.850. The average molecular weight is 361 g/mol. The zero-order chi connectivity index (χ0) is 18.8. The van der Waals surface area contributed by atoms with Crippen molar-refractivity contribution in [3.05, 3.63) is 59.7 Å². The fourth-order valence-corrected chi connectivity index (χ4v) is 3.62. The van der Waals surface area contributed by atoms with Crippen LogP contribution in [0.5, 0.6) is 5.75 Å². The van der Waals surface area contributed by atoms with E-state index in [2.05, 4.69) is 6.07 Å². The molecule has 4 rings (SSSR count). The number of nitrogens with zero attached hydrogens (tertiary/aromatic N) is 3. The molecule has 2 aromatic carbocycles. The quantitative estimate of drug-likeness (QED) is 0.821. The first-order valence-corrected chi connectivity index (χ1v) is 9.00. The van der Waals surface area contributed by atoms with Crippen LogP contribution in [0.3, 0.4) is 0 Å². The molecule has 2 heterocycles. The number of rotatable bonds is 2. The molecular weight excluding hydrogens is 342 g/mol. The van der Waals surface area contributed by atoms with Crippen LogP contribution in [-0.2, 0) is 16.0 Å². The van der Waals surface area contributed by atoms with Gasteiger partial charge < -0.3 is 14.5 Å².